The Balaban J connectivity index is 1.43. The first-order valence-electron chi connectivity index (χ1n) is 10.8. The molecule has 0 radical (unpaired) electrons. The van der Waals surface area contributed by atoms with Crippen LogP contribution in [0.1, 0.15) is 45.4 Å². The predicted octanol–water partition coefficient (Wildman–Crippen LogP) is 4.25. The molecule has 142 valence electrons. The van der Waals surface area contributed by atoms with Crippen molar-refractivity contribution in [3.05, 3.63) is 36.5 Å². The molecule has 1 spiro atoms. The van der Waals surface area contributed by atoms with Gasteiger partial charge in [0.25, 0.3) is 0 Å². The molecule has 0 bridgehead atoms. The summed E-state index contributed by atoms with van der Waals surface area (Å²) >= 11 is 0. The standard InChI is InChI=1S/C24H28O3/c1-3-13-10-14-11-15(25)4-5-16(14)17-6-8-23(2)22(21(13)17)18-12-19(18)24(23)9-7-20(26)27-24/h3,7,9,11,13,16-19,21-22H,1,4-6,8,10,12H2,2H3/t13-,16-,17?,18-,19+,21?,22?,23-,24-/m0/s1. The molecule has 3 nitrogen and oxygen atoms in total. The third-order valence-corrected chi connectivity index (χ3v) is 9.43. The fraction of sp³-hybridized carbons (Fsp3) is 0.667. The molecule has 0 N–H and O–H groups in total. The first kappa shape index (κ1) is 16.3. The van der Waals surface area contributed by atoms with E-state index in [1.165, 1.54) is 18.4 Å². The molecule has 6 rings (SSSR count). The van der Waals surface area contributed by atoms with Crippen molar-refractivity contribution in [3.8, 4) is 0 Å². The highest BCUT2D eigenvalue weighted by atomic mass is 16.6. The highest BCUT2D eigenvalue weighted by Crippen LogP contribution is 2.78. The summed E-state index contributed by atoms with van der Waals surface area (Å²) in [7, 11) is 0. The fourth-order valence-electron chi connectivity index (χ4n) is 8.46. The van der Waals surface area contributed by atoms with Crippen molar-refractivity contribution in [2.24, 2.45) is 46.8 Å². The van der Waals surface area contributed by atoms with Crippen LogP contribution in [0, 0.1) is 46.8 Å². The van der Waals surface area contributed by atoms with Crippen LogP contribution in [0.15, 0.2) is 36.5 Å². The lowest BCUT2D eigenvalue weighted by atomic mass is 9.47. The summed E-state index contributed by atoms with van der Waals surface area (Å²) in [6.45, 7) is 6.60. The summed E-state index contributed by atoms with van der Waals surface area (Å²) in [5, 5.41) is 0. The molecular formula is C24H28O3. The second kappa shape index (κ2) is 5.04. The molecule has 27 heavy (non-hydrogen) atoms. The van der Waals surface area contributed by atoms with Gasteiger partial charge in [-0.05, 0) is 79.8 Å². The van der Waals surface area contributed by atoms with Gasteiger partial charge in [0, 0.05) is 23.8 Å². The summed E-state index contributed by atoms with van der Waals surface area (Å²) in [5.41, 5.74) is 1.10. The minimum absolute atomic E-state index is 0.0530. The van der Waals surface area contributed by atoms with Crippen molar-refractivity contribution in [3.63, 3.8) is 0 Å². The topological polar surface area (TPSA) is 43.4 Å². The van der Waals surface area contributed by atoms with Gasteiger partial charge in [-0.3, -0.25) is 4.79 Å². The second-order valence-electron chi connectivity index (χ2n) is 10.2. The summed E-state index contributed by atoms with van der Waals surface area (Å²) < 4.78 is 6.07. The minimum Gasteiger partial charge on any atom is -0.451 e. The van der Waals surface area contributed by atoms with Gasteiger partial charge in [-0.25, -0.2) is 4.79 Å². The van der Waals surface area contributed by atoms with Crippen LogP contribution in [0.3, 0.4) is 0 Å². The van der Waals surface area contributed by atoms with E-state index in [9.17, 15) is 9.59 Å². The molecule has 4 fully saturated rings. The third kappa shape index (κ3) is 1.84. The van der Waals surface area contributed by atoms with Gasteiger partial charge < -0.3 is 4.74 Å². The third-order valence-electron chi connectivity index (χ3n) is 9.43. The number of carbonyl (C=O) groups is 2. The molecule has 5 aliphatic carbocycles. The lowest BCUT2D eigenvalue weighted by molar-refractivity contribution is -0.169. The van der Waals surface area contributed by atoms with Crippen molar-refractivity contribution in [1.82, 2.24) is 0 Å². The van der Waals surface area contributed by atoms with E-state index in [-0.39, 0.29) is 17.0 Å². The van der Waals surface area contributed by atoms with Crippen molar-refractivity contribution in [1.29, 1.82) is 0 Å². The predicted molar refractivity (Wildman–Crippen MR) is 101 cm³/mol. The van der Waals surface area contributed by atoms with Crippen LogP contribution in [0.25, 0.3) is 0 Å². The maximum atomic E-state index is 12.0. The Bertz CT molecular complexity index is 821. The summed E-state index contributed by atoms with van der Waals surface area (Å²) in [6, 6.07) is 0. The quantitative estimate of drug-likeness (QED) is 0.516. The Labute approximate surface area is 160 Å². The average Bonchev–Trinajstić information content (AvgIpc) is 3.29. The number of ketones is 1. The molecule has 0 amide bonds. The molecule has 3 unspecified atom stereocenters. The number of rotatable bonds is 1. The van der Waals surface area contributed by atoms with E-state index in [2.05, 4.69) is 25.7 Å². The maximum Gasteiger partial charge on any atom is 0.331 e. The first-order chi connectivity index (χ1) is 13.0. The number of allylic oxidation sites excluding steroid dienone is 2. The van der Waals surface area contributed by atoms with E-state index in [4.69, 9.17) is 4.74 Å². The Morgan fingerprint density at radius 1 is 1.26 bits per heavy atom. The van der Waals surface area contributed by atoms with Crippen molar-refractivity contribution < 1.29 is 14.3 Å². The lowest BCUT2D eigenvalue weighted by Crippen LogP contribution is -2.56. The van der Waals surface area contributed by atoms with Crippen LogP contribution in [0.2, 0.25) is 0 Å². The SMILES string of the molecule is C=C[C@H]1CC2=CC(=O)CC[C@@H]2C2CC[C@@]3(C)C(C21)[C@H]1C[C@H]1[C@@]31C=CC(=O)O1. The molecule has 6 aliphatic rings. The summed E-state index contributed by atoms with van der Waals surface area (Å²) in [6.07, 6.45) is 14.2. The van der Waals surface area contributed by atoms with Gasteiger partial charge in [-0.15, -0.1) is 6.58 Å². The highest BCUT2D eigenvalue weighted by Gasteiger charge is 2.78. The van der Waals surface area contributed by atoms with Gasteiger partial charge >= 0.3 is 5.97 Å². The number of ether oxygens (including phenoxy) is 1. The van der Waals surface area contributed by atoms with E-state index in [0.29, 0.717) is 53.6 Å². The summed E-state index contributed by atoms with van der Waals surface area (Å²) in [4.78, 5) is 24.0. The van der Waals surface area contributed by atoms with Crippen LogP contribution in [-0.2, 0) is 14.3 Å². The number of hydrogen-bond acceptors (Lipinski definition) is 3. The highest BCUT2D eigenvalue weighted by molar-refractivity contribution is 5.91. The van der Waals surface area contributed by atoms with Crippen LogP contribution >= 0.6 is 0 Å². The molecule has 3 heteroatoms. The van der Waals surface area contributed by atoms with Crippen LogP contribution in [-0.4, -0.2) is 17.4 Å². The number of carbonyl (C=O) groups excluding carboxylic acids is 2. The zero-order chi connectivity index (χ0) is 18.6. The molecule has 0 aromatic carbocycles. The normalized spacial score (nSPS) is 54.6. The average molecular weight is 364 g/mol. The fourth-order valence-corrected chi connectivity index (χ4v) is 8.46. The zero-order valence-electron chi connectivity index (χ0n) is 16.0. The largest absolute Gasteiger partial charge is 0.451 e. The second-order valence-corrected chi connectivity index (χ2v) is 10.2. The Morgan fingerprint density at radius 2 is 2.11 bits per heavy atom. The van der Waals surface area contributed by atoms with Gasteiger partial charge in [0.05, 0.1) is 0 Å². The van der Waals surface area contributed by atoms with E-state index in [0.717, 1.165) is 19.3 Å². The first-order valence-corrected chi connectivity index (χ1v) is 10.8. The van der Waals surface area contributed by atoms with Gasteiger partial charge in [0.1, 0.15) is 5.60 Å². The Hall–Kier alpha value is -1.64. The molecule has 4 saturated carbocycles. The number of esters is 1. The number of hydrogen-bond donors (Lipinski definition) is 0. The van der Waals surface area contributed by atoms with E-state index in [1.54, 1.807) is 6.08 Å². The zero-order valence-corrected chi connectivity index (χ0v) is 16.0. The molecule has 0 aromatic heterocycles. The summed E-state index contributed by atoms with van der Waals surface area (Å²) in [5.74, 6) is 4.31. The van der Waals surface area contributed by atoms with E-state index < -0.39 is 0 Å². The van der Waals surface area contributed by atoms with Gasteiger partial charge in [-0.2, -0.15) is 0 Å². The van der Waals surface area contributed by atoms with Gasteiger partial charge in [0.15, 0.2) is 5.78 Å². The lowest BCUT2D eigenvalue weighted by Gasteiger charge is -2.58. The van der Waals surface area contributed by atoms with E-state index in [1.807, 2.05) is 6.08 Å². The van der Waals surface area contributed by atoms with Gasteiger partial charge in [-0.1, -0.05) is 18.6 Å². The van der Waals surface area contributed by atoms with Crippen molar-refractivity contribution >= 4 is 11.8 Å². The number of fused-ring (bicyclic) bond motifs is 9. The van der Waals surface area contributed by atoms with Crippen LogP contribution in [0.5, 0.6) is 0 Å². The van der Waals surface area contributed by atoms with Crippen LogP contribution < -0.4 is 0 Å². The molecule has 1 aliphatic heterocycles. The van der Waals surface area contributed by atoms with Crippen molar-refractivity contribution in [2.45, 2.75) is 51.0 Å². The molecule has 0 saturated heterocycles. The Morgan fingerprint density at radius 3 is 2.85 bits per heavy atom. The van der Waals surface area contributed by atoms with Crippen LogP contribution in [0.4, 0.5) is 0 Å². The Kier molecular flexibility index (Phi) is 3.05. The monoisotopic (exact) mass is 364 g/mol. The molecule has 9 atom stereocenters. The smallest absolute Gasteiger partial charge is 0.331 e. The van der Waals surface area contributed by atoms with Gasteiger partial charge in [0.2, 0.25) is 0 Å². The maximum absolute atomic E-state index is 12.0. The van der Waals surface area contributed by atoms with Crippen molar-refractivity contribution in [2.75, 3.05) is 0 Å². The molecule has 0 aromatic rings. The molecular weight excluding hydrogens is 336 g/mol. The van der Waals surface area contributed by atoms with E-state index >= 15 is 0 Å². The minimum atomic E-state index is -0.352. The molecule has 1 heterocycles.